The zero-order valence-electron chi connectivity index (χ0n) is 27.5. The Bertz CT molecular complexity index is 1640. The first-order valence-corrected chi connectivity index (χ1v) is 15.8. The SMILES string of the molecule is CC(=O)Oc1ccc(C(=O)NC(C(=O)N[C@@H]2C(=O)N3[C@@H]2SC(C)(C)[C@@H]3C(=O)OCC(=O)OC(C)(C)C)c2ccccc2)cc1OC(C)=O. The predicted octanol–water partition coefficient (Wildman–Crippen LogP) is 2.44. The van der Waals surface area contributed by atoms with Gasteiger partial charge in [0.05, 0.1) is 0 Å². The van der Waals surface area contributed by atoms with Crippen LogP contribution in [-0.2, 0) is 38.2 Å². The average Bonchev–Trinajstić information content (AvgIpc) is 3.24. The third-order valence-electron chi connectivity index (χ3n) is 7.10. The number of rotatable bonds is 10. The Labute approximate surface area is 281 Å². The minimum atomic E-state index is -1.26. The van der Waals surface area contributed by atoms with Crippen LogP contribution in [-0.4, -0.2) is 80.9 Å². The first-order valence-electron chi connectivity index (χ1n) is 14.9. The number of nitrogens with zero attached hydrogens (tertiary/aromatic N) is 1. The second kappa shape index (κ2) is 14.1. The molecule has 2 saturated heterocycles. The highest BCUT2D eigenvalue weighted by Crippen LogP contribution is 2.51. The van der Waals surface area contributed by atoms with Crippen molar-refractivity contribution in [1.82, 2.24) is 15.5 Å². The molecule has 2 aliphatic rings. The lowest BCUT2D eigenvalue weighted by Crippen LogP contribution is -2.71. The van der Waals surface area contributed by atoms with E-state index in [0.717, 1.165) is 13.8 Å². The topological polar surface area (TPSA) is 184 Å². The summed E-state index contributed by atoms with van der Waals surface area (Å²) in [4.78, 5) is 90.1. The van der Waals surface area contributed by atoms with Crippen LogP contribution in [0.4, 0.5) is 0 Å². The number of hydrogen-bond donors (Lipinski definition) is 2. The molecule has 2 aromatic carbocycles. The molecular formula is C33H37N3O11S. The van der Waals surface area contributed by atoms with Crippen LogP contribution < -0.4 is 20.1 Å². The Morgan fingerprint density at radius 1 is 0.938 bits per heavy atom. The average molecular weight is 684 g/mol. The summed E-state index contributed by atoms with van der Waals surface area (Å²) < 4.78 is 19.7. The number of fused-ring (bicyclic) bond motifs is 1. The van der Waals surface area contributed by atoms with Crippen LogP contribution in [0.15, 0.2) is 48.5 Å². The van der Waals surface area contributed by atoms with E-state index in [9.17, 15) is 33.6 Å². The molecule has 2 aliphatic heterocycles. The summed E-state index contributed by atoms with van der Waals surface area (Å²) in [7, 11) is 0. The molecule has 4 atom stereocenters. The fourth-order valence-corrected chi connectivity index (χ4v) is 6.85. The summed E-state index contributed by atoms with van der Waals surface area (Å²) in [5.41, 5.74) is -0.371. The van der Waals surface area contributed by atoms with Gasteiger partial charge in [-0.25, -0.2) is 9.59 Å². The second-order valence-corrected chi connectivity index (χ2v) is 14.4. The summed E-state index contributed by atoms with van der Waals surface area (Å²) in [5, 5.41) is 4.75. The summed E-state index contributed by atoms with van der Waals surface area (Å²) in [5.74, 6) is -5.10. The Morgan fingerprint density at radius 3 is 2.17 bits per heavy atom. The van der Waals surface area contributed by atoms with Gasteiger partial charge in [0, 0.05) is 24.2 Å². The number of hydrogen-bond acceptors (Lipinski definition) is 12. The number of carbonyl (C=O) groups excluding carboxylic acids is 7. The molecule has 15 heteroatoms. The van der Waals surface area contributed by atoms with Gasteiger partial charge in [-0.15, -0.1) is 11.8 Å². The molecule has 48 heavy (non-hydrogen) atoms. The summed E-state index contributed by atoms with van der Waals surface area (Å²) in [6.07, 6.45) is 0. The number of ether oxygens (including phenoxy) is 4. The summed E-state index contributed by atoms with van der Waals surface area (Å²) >= 11 is 1.29. The van der Waals surface area contributed by atoms with Crippen molar-refractivity contribution in [1.29, 1.82) is 0 Å². The van der Waals surface area contributed by atoms with Gasteiger partial charge in [-0.2, -0.15) is 0 Å². The number of amides is 3. The van der Waals surface area contributed by atoms with Crippen LogP contribution in [0.25, 0.3) is 0 Å². The summed E-state index contributed by atoms with van der Waals surface area (Å²) in [6, 6.07) is 8.81. The van der Waals surface area contributed by atoms with Gasteiger partial charge in [0.2, 0.25) is 11.8 Å². The highest BCUT2D eigenvalue weighted by Gasteiger charge is 2.64. The van der Waals surface area contributed by atoms with Crippen molar-refractivity contribution in [3.63, 3.8) is 0 Å². The molecule has 0 bridgehead atoms. The number of thioether (sulfide) groups is 1. The van der Waals surface area contributed by atoms with E-state index in [-0.39, 0.29) is 17.1 Å². The van der Waals surface area contributed by atoms with Crippen LogP contribution in [0.2, 0.25) is 0 Å². The Kier molecular flexibility index (Phi) is 10.5. The zero-order chi connectivity index (χ0) is 35.6. The van der Waals surface area contributed by atoms with Gasteiger partial charge in [-0.1, -0.05) is 30.3 Å². The van der Waals surface area contributed by atoms with Crippen LogP contribution >= 0.6 is 11.8 Å². The van der Waals surface area contributed by atoms with Crippen molar-refractivity contribution in [2.75, 3.05) is 6.61 Å². The lowest BCUT2D eigenvalue weighted by Gasteiger charge is -2.44. The number of benzene rings is 2. The zero-order valence-corrected chi connectivity index (χ0v) is 28.3. The third-order valence-corrected chi connectivity index (χ3v) is 8.67. The van der Waals surface area contributed by atoms with Gasteiger partial charge in [0.25, 0.3) is 5.91 Å². The molecule has 0 aromatic heterocycles. The van der Waals surface area contributed by atoms with Gasteiger partial charge < -0.3 is 34.5 Å². The van der Waals surface area contributed by atoms with Crippen LogP contribution in [0.3, 0.4) is 0 Å². The predicted molar refractivity (Wildman–Crippen MR) is 171 cm³/mol. The Balaban J connectivity index is 1.49. The maximum Gasteiger partial charge on any atom is 0.344 e. The normalized spacial score (nSPS) is 19.9. The van der Waals surface area contributed by atoms with Crippen molar-refractivity contribution in [3.8, 4) is 11.5 Å². The van der Waals surface area contributed by atoms with E-state index < -0.39 is 82.1 Å². The lowest BCUT2D eigenvalue weighted by molar-refractivity contribution is -0.172. The van der Waals surface area contributed by atoms with Gasteiger partial charge >= 0.3 is 23.9 Å². The molecule has 2 aromatic rings. The number of nitrogens with one attached hydrogen (secondary N) is 2. The lowest BCUT2D eigenvalue weighted by atomic mass is 9.95. The van der Waals surface area contributed by atoms with Crippen LogP contribution in [0.5, 0.6) is 11.5 Å². The largest absolute Gasteiger partial charge is 0.457 e. The molecule has 0 radical (unpaired) electrons. The molecule has 2 heterocycles. The van der Waals surface area contributed by atoms with Gasteiger partial charge in [-0.05, 0) is 58.4 Å². The van der Waals surface area contributed by atoms with Crippen molar-refractivity contribution >= 4 is 53.4 Å². The van der Waals surface area contributed by atoms with Crippen molar-refractivity contribution in [2.24, 2.45) is 0 Å². The number of esters is 4. The van der Waals surface area contributed by atoms with Gasteiger partial charge in [0.15, 0.2) is 18.1 Å². The molecule has 4 rings (SSSR count). The minimum absolute atomic E-state index is 0.0115. The molecule has 256 valence electrons. The fourth-order valence-electron chi connectivity index (χ4n) is 5.23. The molecular weight excluding hydrogens is 646 g/mol. The first-order chi connectivity index (χ1) is 22.4. The molecule has 0 saturated carbocycles. The smallest absolute Gasteiger partial charge is 0.344 e. The van der Waals surface area contributed by atoms with Crippen LogP contribution in [0.1, 0.15) is 70.4 Å². The molecule has 2 N–H and O–H groups in total. The number of carbonyl (C=O) groups is 7. The second-order valence-electron chi connectivity index (χ2n) is 12.6. The maximum atomic E-state index is 13.7. The fraction of sp³-hybridized carbons (Fsp3) is 0.424. The molecule has 0 aliphatic carbocycles. The van der Waals surface area contributed by atoms with Crippen LogP contribution in [0, 0.1) is 0 Å². The minimum Gasteiger partial charge on any atom is -0.457 e. The molecule has 14 nitrogen and oxygen atoms in total. The quantitative estimate of drug-likeness (QED) is 0.212. The standard InChI is InChI=1S/C33H37N3O11S/c1-17(37)45-21-14-13-20(15-22(21)46-18(2)38)27(40)34-24(19-11-9-8-10-12-19)28(41)35-25-29(42)36-26(33(6,7)48-30(25)36)31(43)44-16-23(39)47-32(3,4)5/h8-15,24-26,30H,16H2,1-7H3,(H,34,40)(H,35,41)/t24?,25-,26+,30-/m1/s1. The highest BCUT2D eigenvalue weighted by molar-refractivity contribution is 8.01. The molecule has 1 unspecified atom stereocenters. The van der Waals surface area contributed by atoms with E-state index in [2.05, 4.69) is 10.6 Å². The van der Waals surface area contributed by atoms with Gasteiger partial charge in [-0.3, -0.25) is 24.0 Å². The van der Waals surface area contributed by atoms with E-state index >= 15 is 0 Å². The molecule has 3 amide bonds. The molecule has 0 spiro atoms. The molecule has 2 fully saturated rings. The van der Waals surface area contributed by atoms with E-state index in [1.54, 1.807) is 65.0 Å². The Morgan fingerprint density at radius 2 is 1.56 bits per heavy atom. The first kappa shape index (κ1) is 35.9. The Hall–Kier alpha value is -4.92. The maximum absolute atomic E-state index is 13.7. The highest BCUT2D eigenvalue weighted by atomic mass is 32.2. The monoisotopic (exact) mass is 683 g/mol. The third kappa shape index (κ3) is 8.32. The van der Waals surface area contributed by atoms with E-state index in [0.29, 0.717) is 5.56 Å². The summed E-state index contributed by atoms with van der Waals surface area (Å²) in [6.45, 7) is 10.2. The van der Waals surface area contributed by atoms with Gasteiger partial charge in [0.1, 0.15) is 29.1 Å². The van der Waals surface area contributed by atoms with Crippen molar-refractivity contribution < 1.29 is 52.5 Å². The van der Waals surface area contributed by atoms with E-state index in [1.807, 2.05) is 0 Å². The van der Waals surface area contributed by atoms with E-state index in [4.69, 9.17) is 18.9 Å². The van der Waals surface area contributed by atoms with Crippen molar-refractivity contribution in [3.05, 3.63) is 59.7 Å². The van der Waals surface area contributed by atoms with E-state index in [1.165, 1.54) is 34.9 Å². The van der Waals surface area contributed by atoms with Crippen molar-refractivity contribution in [2.45, 2.75) is 82.3 Å². The number of β-lactam (4-membered cyclic amide) rings is 1.